The van der Waals surface area contributed by atoms with E-state index in [0.717, 1.165) is 53.7 Å². The predicted molar refractivity (Wildman–Crippen MR) is 259 cm³/mol. The van der Waals surface area contributed by atoms with E-state index >= 15 is 0 Å². The third-order valence-electron chi connectivity index (χ3n) is 8.94. The van der Waals surface area contributed by atoms with E-state index in [4.69, 9.17) is 29.9 Å². The molecular weight excluding hydrogens is 902 g/mol. The summed E-state index contributed by atoms with van der Waals surface area (Å²) in [6.07, 6.45) is 4.59. The van der Waals surface area contributed by atoms with Crippen LogP contribution in [0, 0.1) is 46.9 Å². The quantitative estimate of drug-likeness (QED) is 0.0492. The van der Waals surface area contributed by atoms with Gasteiger partial charge in [0, 0.05) is 28.9 Å². The minimum absolute atomic E-state index is 0. The first kappa shape index (κ1) is 51.3. The van der Waals surface area contributed by atoms with Gasteiger partial charge in [-0.3, -0.25) is 9.98 Å². The van der Waals surface area contributed by atoms with E-state index in [2.05, 4.69) is 155 Å². The monoisotopic (exact) mass is 972 g/mol. The minimum atomic E-state index is -1.60. The molecule has 0 aromatic heterocycles. The molecule has 4 rings (SSSR count). The molecule has 0 atom stereocenters. The average Bonchev–Trinajstić information content (AvgIpc) is 3.15. The van der Waals surface area contributed by atoms with Crippen molar-refractivity contribution in [2.75, 3.05) is 13.1 Å². The Balaban J connectivity index is 0.000000394. The molecule has 0 heterocycles. The number of aliphatic imine (C=N–C) groups is 4. The molecule has 0 aliphatic carbocycles. The SMILES string of the molecule is CC(C)c1cccc(C(C)C)c1N=CC=Nc1c(C(C)C)cccc1C(C)C.C[Si](C)(C)[N-]C(=NCCCN=C([N-][Si](C)(C)C)c1ccccc1)c1ccccc1.[Yb+2]. The molecule has 58 heavy (non-hydrogen) atoms. The summed E-state index contributed by atoms with van der Waals surface area (Å²) in [7, 11) is -3.21. The van der Waals surface area contributed by atoms with Gasteiger partial charge in [-0.25, -0.2) is 0 Å². The fourth-order valence-electron chi connectivity index (χ4n) is 6.17. The van der Waals surface area contributed by atoms with Crippen LogP contribution in [-0.2, 0) is 0 Å². The smallest absolute Gasteiger partial charge is 0.472 e. The van der Waals surface area contributed by atoms with Crippen molar-refractivity contribution < 1.29 is 46.9 Å². The Morgan fingerprint density at radius 3 is 1.02 bits per heavy atom. The fourth-order valence-corrected chi connectivity index (χ4v) is 7.84. The van der Waals surface area contributed by atoms with Gasteiger partial charge in [0.25, 0.3) is 0 Å². The topological polar surface area (TPSA) is 77.6 Å². The molecule has 318 valence electrons. The maximum absolute atomic E-state index is 4.95. The Hall–Kier alpha value is -2.89. The Morgan fingerprint density at radius 1 is 0.466 bits per heavy atom. The molecule has 6 nitrogen and oxygen atoms in total. The first-order valence-electron chi connectivity index (χ1n) is 20.9. The zero-order valence-corrected chi connectivity index (χ0v) is 41.5. The molecule has 0 N–H and O–H groups in total. The van der Waals surface area contributed by atoms with Gasteiger partial charge < -0.3 is 19.9 Å². The summed E-state index contributed by atoms with van der Waals surface area (Å²) in [4.78, 5) is 29.2. The van der Waals surface area contributed by atoms with Crippen LogP contribution in [-0.4, -0.2) is 53.7 Å². The van der Waals surface area contributed by atoms with Gasteiger partial charge in [0.2, 0.25) is 0 Å². The number of amidine groups is 2. The summed E-state index contributed by atoms with van der Waals surface area (Å²) < 4.78 is 0. The standard InChI is InChI=1S/C26H36N2.C23H34N4Si2.Yb/c1-17(2)21-11-9-12-22(18(3)4)25(21)27-15-16-28-26-23(19(5)6)13-10-14-24(26)20(7)8;1-28(2,3)26-22(20-14-9-7-10-15-20)24-18-13-19-25-23(27-29(4,5)6)21-16-11-8-12-17-21;/h9-20H,1-8H3;7-12,14-17H,13,18-19H2,1-6H3;/q;-2;+2. The zero-order chi connectivity index (χ0) is 42.2. The van der Waals surface area contributed by atoms with Crippen LogP contribution in [0.2, 0.25) is 39.3 Å². The molecule has 0 fully saturated rings. The van der Waals surface area contributed by atoms with Crippen LogP contribution in [0.25, 0.3) is 9.96 Å². The van der Waals surface area contributed by atoms with Crippen LogP contribution in [0.5, 0.6) is 0 Å². The van der Waals surface area contributed by atoms with Gasteiger partial charge in [-0.2, -0.15) is 0 Å². The van der Waals surface area contributed by atoms with Gasteiger partial charge in [-0.15, -0.1) is 0 Å². The van der Waals surface area contributed by atoms with E-state index in [1.807, 2.05) is 48.8 Å². The summed E-state index contributed by atoms with van der Waals surface area (Å²) in [6, 6.07) is 33.6. The molecule has 0 bridgehead atoms. The van der Waals surface area contributed by atoms with Crippen molar-refractivity contribution in [3.63, 3.8) is 0 Å². The van der Waals surface area contributed by atoms with Crippen molar-refractivity contribution in [1.82, 2.24) is 0 Å². The van der Waals surface area contributed by atoms with Crippen LogP contribution in [0.1, 0.15) is 119 Å². The molecule has 4 aromatic rings. The first-order valence-corrected chi connectivity index (χ1v) is 27.7. The average molecular weight is 972 g/mol. The van der Waals surface area contributed by atoms with Crippen LogP contribution >= 0.6 is 0 Å². The maximum Gasteiger partial charge on any atom is 2.00 e. The molecule has 9 heteroatoms. The van der Waals surface area contributed by atoms with Gasteiger partial charge in [0.1, 0.15) is 0 Å². The van der Waals surface area contributed by atoms with Gasteiger partial charge >= 0.3 is 46.9 Å². The summed E-state index contributed by atoms with van der Waals surface area (Å²) in [5.41, 5.74) is 9.56. The number of nitrogens with zero attached hydrogens (tertiary/aromatic N) is 6. The largest absolute Gasteiger partial charge is 2.00 e. The first-order chi connectivity index (χ1) is 26.9. The third kappa shape index (κ3) is 17.8. The number of benzene rings is 4. The molecule has 4 aromatic carbocycles. The Morgan fingerprint density at radius 2 is 0.759 bits per heavy atom. The second-order valence-electron chi connectivity index (χ2n) is 17.8. The van der Waals surface area contributed by atoms with E-state index in [1.54, 1.807) is 0 Å². The number of para-hydroxylation sites is 2. The third-order valence-corrected chi connectivity index (χ3v) is 10.7. The Bertz CT molecular complexity index is 1740. The van der Waals surface area contributed by atoms with Gasteiger partial charge in [-0.05, 0) is 57.1 Å². The van der Waals surface area contributed by atoms with Gasteiger partial charge in [-0.1, -0.05) is 223 Å². The van der Waals surface area contributed by atoms with Crippen LogP contribution in [0.15, 0.2) is 117 Å². The molecule has 0 unspecified atom stereocenters. The predicted octanol–water partition coefficient (Wildman–Crippen LogP) is 15.0. The van der Waals surface area contributed by atoms with Crippen molar-refractivity contribution in [2.45, 2.75) is 125 Å². The van der Waals surface area contributed by atoms with Gasteiger partial charge in [0.15, 0.2) is 0 Å². The summed E-state index contributed by atoms with van der Waals surface area (Å²) in [5, 5.41) is 0. The second kappa shape index (κ2) is 25.0. The number of rotatable bonds is 15. The van der Waals surface area contributed by atoms with Gasteiger partial charge in [0.05, 0.1) is 11.4 Å². The van der Waals surface area contributed by atoms with E-state index in [0.29, 0.717) is 23.7 Å². The van der Waals surface area contributed by atoms with Crippen molar-refractivity contribution in [1.29, 1.82) is 0 Å². The number of hydrogen-bond donors (Lipinski definition) is 0. The molecule has 0 aliphatic rings. The summed E-state index contributed by atoms with van der Waals surface area (Å²) in [5.74, 6) is 3.52. The summed E-state index contributed by atoms with van der Waals surface area (Å²) >= 11 is 0. The van der Waals surface area contributed by atoms with Crippen LogP contribution < -0.4 is 0 Å². The van der Waals surface area contributed by atoms with Crippen molar-refractivity contribution in [2.24, 2.45) is 20.0 Å². The van der Waals surface area contributed by atoms with Crippen molar-refractivity contribution in [3.8, 4) is 0 Å². The molecule has 0 saturated heterocycles. The molecule has 0 radical (unpaired) electrons. The van der Waals surface area contributed by atoms with Crippen LogP contribution in [0.3, 0.4) is 0 Å². The van der Waals surface area contributed by atoms with Crippen molar-refractivity contribution in [3.05, 3.63) is 140 Å². The van der Waals surface area contributed by atoms with Crippen LogP contribution in [0.4, 0.5) is 11.4 Å². The van der Waals surface area contributed by atoms with E-state index in [-0.39, 0.29) is 46.9 Å². The molecule has 0 aliphatic heterocycles. The second-order valence-corrected chi connectivity index (χ2v) is 26.9. The normalized spacial score (nSPS) is 12.7. The molecular formula is C49H70N6Si2Yb. The van der Waals surface area contributed by atoms with E-state index in [9.17, 15) is 0 Å². The summed E-state index contributed by atoms with van der Waals surface area (Å²) in [6.45, 7) is 32.6. The number of hydrogen-bond acceptors (Lipinski definition) is 4. The zero-order valence-electron chi connectivity index (χ0n) is 37.8. The Kier molecular flexibility index (Phi) is 22.1. The van der Waals surface area contributed by atoms with E-state index < -0.39 is 16.5 Å². The molecule has 0 spiro atoms. The van der Waals surface area contributed by atoms with E-state index in [1.165, 1.54) is 22.3 Å². The molecule has 0 saturated carbocycles. The maximum atomic E-state index is 4.95. The van der Waals surface area contributed by atoms with Crippen molar-refractivity contribution >= 4 is 51.9 Å². The molecule has 0 amide bonds. The minimum Gasteiger partial charge on any atom is -0.472 e. The Labute approximate surface area is 393 Å². The fraction of sp³-hybridized carbons (Fsp3) is 0.429.